The van der Waals surface area contributed by atoms with Crippen LogP contribution in [0.5, 0.6) is 5.75 Å². The normalized spacial score (nSPS) is 19.5. The van der Waals surface area contributed by atoms with Crippen molar-refractivity contribution in [2.45, 2.75) is 32.5 Å². The van der Waals surface area contributed by atoms with Crippen LogP contribution in [0.3, 0.4) is 0 Å². The smallest absolute Gasteiger partial charge is 0.339 e. The number of carbonyl (C=O) groups is 2. The van der Waals surface area contributed by atoms with Crippen molar-refractivity contribution < 1.29 is 23.8 Å². The lowest BCUT2D eigenvalue weighted by Gasteiger charge is -2.44. The summed E-state index contributed by atoms with van der Waals surface area (Å²) in [6.45, 7) is 5.63. The molecule has 1 heterocycles. The number of aromatic carboxylic acids is 1. The predicted octanol–water partition coefficient (Wildman–Crippen LogP) is 3.68. The summed E-state index contributed by atoms with van der Waals surface area (Å²) in [5.74, 6) is -1.53. The molecule has 1 amide bonds. The quantitative estimate of drug-likeness (QED) is 0.751. The number of carboxylic acids is 1. The van der Waals surface area contributed by atoms with Crippen molar-refractivity contribution in [2.24, 2.45) is 0 Å². The molecule has 8 heteroatoms. The standard InChI is InChI=1S/C22H24ClFN2O4/c1-14-11-26(15(2)10-25(14)12-16-3-6-18(24)7-4-16)21(27)13-30-20-8-5-17(23)9-19(20)22(28)29/h3-9,14-15H,10-13H2,1-2H3,(H,28,29)/t14-,15?/m0/s1. The van der Waals surface area contributed by atoms with Gasteiger partial charge in [-0.3, -0.25) is 9.69 Å². The minimum absolute atomic E-state index is 0.0399. The van der Waals surface area contributed by atoms with Crippen molar-refractivity contribution in [3.05, 3.63) is 64.4 Å². The molecule has 2 aromatic rings. The Morgan fingerprint density at radius 3 is 2.50 bits per heavy atom. The van der Waals surface area contributed by atoms with E-state index in [0.29, 0.717) is 19.6 Å². The van der Waals surface area contributed by atoms with Crippen LogP contribution in [0.4, 0.5) is 4.39 Å². The van der Waals surface area contributed by atoms with Gasteiger partial charge in [0.05, 0.1) is 0 Å². The van der Waals surface area contributed by atoms with Crippen molar-refractivity contribution in [2.75, 3.05) is 19.7 Å². The molecule has 0 saturated carbocycles. The lowest BCUT2D eigenvalue weighted by molar-refractivity contribution is -0.139. The second-order valence-corrected chi connectivity index (χ2v) is 7.97. The summed E-state index contributed by atoms with van der Waals surface area (Å²) in [6, 6.07) is 10.8. The van der Waals surface area contributed by atoms with Crippen molar-refractivity contribution in [1.82, 2.24) is 9.80 Å². The maximum absolute atomic E-state index is 13.1. The third kappa shape index (κ3) is 5.29. The molecule has 30 heavy (non-hydrogen) atoms. The molecule has 1 aliphatic rings. The van der Waals surface area contributed by atoms with Gasteiger partial charge in [0.25, 0.3) is 5.91 Å². The van der Waals surface area contributed by atoms with Gasteiger partial charge in [-0.2, -0.15) is 0 Å². The zero-order valence-corrected chi connectivity index (χ0v) is 17.6. The largest absolute Gasteiger partial charge is 0.483 e. The topological polar surface area (TPSA) is 70.1 Å². The third-order valence-electron chi connectivity index (χ3n) is 5.26. The number of ether oxygens (including phenoxy) is 1. The summed E-state index contributed by atoms with van der Waals surface area (Å²) in [7, 11) is 0. The fraction of sp³-hybridized carbons (Fsp3) is 0.364. The van der Waals surface area contributed by atoms with Crippen LogP contribution in [0.15, 0.2) is 42.5 Å². The van der Waals surface area contributed by atoms with Crippen LogP contribution in [0.1, 0.15) is 29.8 Å². The second-order valence-electron chi connectivity index (χ2n) is 7.53. The Labute approximate surface area is 179 Å². The fourth-order valence-electron chi connectivity index (χ4n) is 3.61. The van der Waals surface area contributed by atoms with Crippen LogP contribution < -0.4 is 4.74 Å². The summed E-state index contributed by atoms with van der Waals surface area (Å²) in [5, 5.41) is 9.57. The molecule has 1 fully saturated rings. The molecule has 0 aliphatic carbocycles. The molecule has 0 radical (unpaired) electrons. The van der Waals surface area contributed by atoms with Gasteiger partial charge in [0, 0.05) is 36.7 Å². The third-order valence-corrected chi connectivity index (χ3v) is 5.49. The van der Waals surface area contributed by atoms with Crippen molar-refractivity contribution in [1.29, 1.82) is 0 Å². The first-order valence-corrected chi connectivity index (χ1v) is 10.1. The Morgan fingerprint density at radius 1 is 1.13 bits per heavy atom. The monoisotopic (exact) mass is 434 g/mol. The van der Waals surface area contributed by atoms with Crippen molar-refractivity contribution in [3.8, 4) is 5.75 Å². The van der Waals surface area contributed by atoms with Crippen LogP contribution in [-0.4, -0.2) is 58.6 Å². The number of hydrogen-bond donors (Lipinski definition) is 1. The number of rotatable bonds is 6. The van der Waals surface area contributed by atoms with E-state index >= 15 is 0 Å². The molecule has 2 atom stereocenters. The molecule has 160 valence electrons. The Morgan fingerprint density at radius 2 is 1.83 bits per heavy atom. The van der Waals surface area contributed by atoms with E-state index in [9.17, 15) is 19.1 Å². The number of benzene rings is 2. The summed E-state index contributed by atoms with van der Waals surface area (Å²) in [6.07, 6.45) is 0. The summed E-state index contributed by atoms with van der Waals surface area (Å²) in [4.78, 5) is 28.1. The molecule has 6 nitrogen and oxygen atoms in total. The molecule has 3 rings (SSSR count). The Bertz CT molecular complexity index is 922. The van der Waals surface area contributed by atoms with Crippen LogP contribution in [0.2, 0.25) is 5.02 Å². The van der Waals surface area contributed by atoms with E-state index in [0.717, 1.165) is 5.56 Å². The number of nitrogens with zero attached hydrogens (tertiary/aromatic N) is 2. The molecule has 0 spiro atoms. The highest BCUT2D eigenvalue weighted by molar-refractivity contribution is 6.31. The number of piperazine rings is 1. The second kappa shape index (κ2) is 9.45. The molecule has 1 saturated heterocycles. The Kier molecular flexibility index (Phi) is 6.95. The maximum Gasteiger partial charge on any atom is 0.339 e. The average Bonchev–Trinajstić information content (AvgIpc) is 2.70. The lowest BCUT2D eigenvalue weighted by atomic mass is 10.1. The van der Waals surface area contributed by atoms with Gasteiger partial charge in [-0.1, -0.05) is 23.7 Å². The van der Waals surface area contributed by atoms with Crippen molar-refractivity contribution >= 4 is 23.5 Å². The number of hydrogen-bond acceptors (Lipinski definition) is 4. The SMILES string of the molecule is CC1CN(Cc2ccc(F)cc2)[C@@H](C)CN1C(=O)COc1ccc(Cl)cc1C(=O)O. The van der Waals surface area contributed by atoms with E-state index in [4.69, 9.17) is 16.3 Å². The molecule has 0 aromatic heterocycles. The highest BCUT2D eigenvalue weighted by Crippen LogP contribution is 2.24. The van der Waals surface area contributed by atoms with E-state index in [1.54, 1.807) is 17.0 Å². The Balaban J connectivity index is 1.60. The highest BCUT2D eigenvalue weighted by atomic mass is 35.5. The first kappa shape index (κ1) is 22.1. The maximum atomic E-state index is 13.1. The minimum Gasteiger partial charge on any atom is -0.483 e. The van der Waals surface area contributed by atoms with Crippen LogP contribution >= 0.6 is 11.6 Å². The van der Waals surface area contributed by atoms with Crippen LogP contribution in [-0.2, 0) is 11.3 Å². The Hall–Kier alpha value is -2.64. The van der Waals surface area contributed by atoms with E-state index in [1.165, 1.54) is 30.3 Å². The van der Waals surface area contributed by atoms with Gasteiger partial charge >= 0.3 is 5.97 Å². The molecule has 1 N–H and O–H groups in total. The van der Waals surface area contributed by atoms with Crippen molar-refractivity contribution in [3.63, 3.8) is 0 Å². The minimum atomic E-state index is -1.17. The number of carboxylic acid groups (broad SMARTS) is 1. The summed E-state index contributed by atoms with van der Waals surface area (Å²) < 4.78 is 18.6. The lowest BCUT2D eigenvalue weighted by Crippen LogP contribution is -2.58. The van der Waals surface area contributed by atoms with Gasteiger partial charge in [0.1, 0.15) is 17.1 Å². The van der Waals surface area contributed by atoms with Crippen LogP contribution in [0.25, 0.3) is 0 Å². The first-order valence-electron chi connectivity index (χ1n) is 9.68. The number of halogens is 2. The van der Waals surface area contributed by atoms with Gasteiger partial charge in [-0.05, 0) is 49.7 Å². The van der Waals surface area contributed by atoms with E-state index < -0.39 is 5.97 Å². The van der Waals surface area contributed by atoms with Gasteiger partial charge in [-0.25, -0.2) is 9.18 Å². The first-order chi connectivity index (χ1) is 14.2. The van der Waals surface area contributed by atoms with Gasteiger partial charge in [0.15, 0.2) is 6.61 Å². The van der Waals surface area contributed by atoms with Gasteiger partial charge < -0.3 is 14.7 Å². The molecular formula is C22H24ClFN2O4. The highest BCUT2D eigenvalue weighted by Gasteiger charge is 2.32. The predicted molar refractivity (Wildman–Crippen MR) is 111 cm³/mol. The molecular weight excluding hydrogens is 411 g/mol. The summed E-state index contributed by atoms with van der Waals surface area (Å²) >= 11 is 5.84. The van der Waals surface area contributed by atoms with E-state index in [1.807, 2.05) is 13.8 Å². The molecule has 1 aliphatic heterocycles. The molecule has 0 bridgehead atoms. The average molecular weight is 435 g/mol. The zero-order valence-electron chi connectivity index (χ0n) is 16.8. The fourth-order valence-corrected chi connectivity index (χ4v) is 3.78. The zero-order chi connectivity index (χ0) is 21.8. The van der Waals surface area contributed by atoms with Crippen LogP contribution in [0, 0.1) is 5.82 Å². The molecule has 2 aromatic carbocycles. The van der Waals surface area contributed by atoms with E-state index in [-0.39, 0.29) is 46.8 Å². The number of amides is 1. The van der Waals surface area contributed by atoms with E-state index in [2.05, 4.69) is 4.90 Å². The molecule has 1 unspecified atom stereocenters. The number of carbonyl (C=O) groups excluding carboxylic acids is 1. The van der Waals surface area contributed by atoms with Gasteiger partial charge in [-0.15, -0.1) is 0 Å². The summed E-state index contributed by atoms with van der Waals surface area (Å²) in [5.41, 5.74) is 0.934. The van der Waals surface area contributed by atoms with Gasteiger partial charge in [0.2, 0.25) is 0 Å².